The summed E-state index contributed by atoms with van der Waals surface area (Å²) < 4.78 is 11.2. The number of aromatic hydroxyl groups is 1. The highest BCUT2D eigenvalue weighted by Gasteiger charge is 2.09. The standard InChI is InChI=1S/C22H20N2O4S/c25-18-8-5-7-17(15-18)23-22(29)24-21(26)16-6-4-11-20(14-16)28-13-12-27-19-9-2-1-3-10-19/h1-11,14-15,25H,12-13H2,(H2,23,24,26,29). The van der Waals surface area contributed by atoms with E-state index < -0.39 is 0 Å². The number of phenols is 1. The number of nitrogens with one attached hydrogen (secondary N) is 2. The van der Waals surface area contributed by atoms with Gasteiger partial charge in [0, 0.05) is 17.3 Å². The van der Waals surface area contributed by atoms with Gasteiger partial charge in [-0.1, -0.05) is 30.3 Å². The summed E-state index contributed by atoms with van der Waals surface area (Å²) in [6.07, 6.45) is 0. The van der Waals surface area contributed by atoms with Crippen molar-refractivity contribution >= 4 is 28.9 Å². The fourth-order valence-corrected chi connectivity index (χ4v) is 2.69. The number of ether oxygens (including phenoxy) is 2. The van der Waals surface area contributed by atoms with Crippen LogP contribution in [0, 0.1) is 0 Å². The zero-order valence-corrected chi connectivity index (χ0v) is 16.3. The summed E-state index contributed by atoms with van der Waals surface area (Å²) in [5.74, 6) is 1.07. The van der Waals surface area contributed by atoms with Gasteiger partial charge in [-0.3, -0.25) is 10.1 Å². The first-order valence-corrected chi connectivity index (χ1v) is 9.33. The number of rotatable bonds is 7. The number of amides is 1. The molecular formula is C22H20N2O4S. The predicted octanol–water partition coefficient (Wildman–Crippen LogP) is 3.98. The molecule has 0 aromatic heterocycles. The van der Waals surface area contributed by atoms with E-state index >= 15 is 0 Å². The fourth-order valence-electron chi connectivity index (χ4n) is 2.48. The van der Waals surface area contributed by atoms with E-state index in [1.54, 1.807) is 42.5 Å². The Kier molecular flexibility index (Phi) is 7.02. The Morgan fingerprint density at radius 1 is 0.862 bits per heavy atom. The van der Waals surface area contributed by atoms with Crippen LogP contribution in [0.2, 0.25) is 0 Å². The van der Waals surface area contributed by atoms with Crippen molar-refractivity contribution in [1.29, 1.82) is 0 Å². The Bertz CT molecular complexity index is 979. The van der Waals surface area contributed by atoms with Crippen LogP contribution in [-0.4, -0.2) is 29.3 Å². The first-order valence-electron chi connectivity index (χ1n) is 8.92. The molecule has 3 N–H and O–H groups in total. The Morgan fingerprint density at radius 3 is 2.31 bits per heavy atom. The van der Waals surface area contributed by atoms with E-state index in [1.807, 2.05) is 30.3 Å². The molecule has 7 heteroatoms. The number of carbonyl (C=O) groups excluding carboxylic acids is 1. The minimum atomic E-state index is -0.367. The second-order valence-corrected chi connectivity index (χ2v) is 6.40. The molecule has 29 heavy (non-hydrogen) atoms. The number of carbonyl (C=O) groups is 1. The number of anilines is 1. The molecule has 0 aliphatic heterocycles. The van der Waals surface area contributed by atoms with Gasteiger partial charge >= 0.3 is 0 Å². The van der Waals surface area contributed by atoms with Crippen molar-refractivity contribution in [1.82, 2.24) is 5.32 Å². The van der Waals surface area contributed by atoms with Gasteiger partial charge in [0.05, 0.1) is 0 Å². The molecule has 0 saturated heterocycles. The number of hydrogen-bond donors (Lipinski definition) is 3. The third kappa shape index (κ3) is 6.51. The highest BCUT2D eigenvalue weighted by molar-refractivity contribution is 7.80. The molecule has 0 fully saturated rings. The van der Waals surface area contributed by atoms with Gasteiger partial charge < -0.3 is 19.9 Å². The van der Waals surface area contributed by atoms with E-state index in [2.05, 4.69) is 10.6 Å². The number of benzene rings is 3. The molecule has 0 unspecified atom stereocenters. The monoisotopic (exact) mass is 408 g/mol. The van der Waals surface area contributed by atoms with Crippen LogP contribution in [0.15, 0.2) is 78.9 Å². The van der Waals surface area contributed by atoms with Gasteiger partial charge in [0.1, 0.15) is 30.5 Å². The number of thiocarbonyl (C=S) groups is 1. The van der Waals surface area contributed by atoms with E-state index in [9.17, 15) is 9.90 Å². The lowest BCUT2D eigenvalue weighted by Crippen LogP contribution is -2.34. The molecule has 0 radical (unpaired) electrons. The molecule has 3 aromatic carbocycles. The average molecular weight is 408 g/mol. The van der Waals surface area contributed by atoms with Crippen molar-refractivity contribution < 1.29 is 19.4 Å². The maximum atomic E-state index is 12.4. The Morgan fingerprint density at radius 2 is 1.55 bits per heavy atom. The molecule has 0 spiro atoms. The van der Waals surface area contributed by atoms with Gasteiger partial charge in [-0.05, 0) is 54.7 Å². The summed E-state index contributed by atoms with van der Waals surface area (Å²) in [5.41, 5.74) is 0.984. The van der Waals surface area contributed by atoms with Crippen LogP contribution in [0.3, 0.4) is 0 Å². The van der Waals surface area contributed by atoms with Crippen molar-refractivity contribution in [3.8, 4) is 17.2 Å². The summed E-state index contributed by atoms with van der Waals surface area (Å²) >= 11 is 5.15. The fraction of sp³-hybridized carbons (Fsp3) is 0.0909. The molecule has 1 amide bonds. The molecule has 0 aliphatic carbocycles. The van der Waals surface area contributed by atoms with E-state index in [0.29, 0.717) is 30.2 Å². The Labute approximate surface area is 174 Å². The van der Waals surface area contributed by atoms with Crippen LogP contribution in [0.4, 0.5) is 5.69 Å². The van der Waals surface area contributed by atoms with Gasteiger partial charge in [-0.2, -0.15) is 0 Å². The molecule has 0 heterocycles. The summed E-state index contributed by atoms with van der Waals surface area (Å²) in [5, 5.41) is 15.1. The lowest BCUT2D eigenvalue weighted by atomic mass is 10.2. The van der Waals surface area contributed by atoms with E-state index in [4.69, 9.17) is 21.7 Å². The molecule has 0 saturated carbocycles. The Balaban J connectivity index is 1.48. The first kappa shape index (κ1) is 20.2. The average Bonchev–Trinajstić information content (AvgIpc) is 2.72. The smallest absolute Gasteiger partial charge is 0.257 e. The van der Waals surface area contributed by atoms with Crippen LogP contribution in [0.1, 0.15) is 10.4 Å². The van der Waals surface area contributed by atoms with Crippen molar-refractivity contribution in [3.05, 3.63) is 84.4 Å². The van der Waals surface area contributed by atoms with Gasteiger partial charge in [0.25, 0.3) is 5.91 Å². The molecule has 0 bridgehead atoms. The zero-order chi connectivity index (χ0) is 20.5. The van der Waals surface area contributed by atoms with Crippen LogP contribution >= 0.6 is 12.2 Å². The van der Waals surface area contributed by atoms with Crippen molar-refractivity contribution in [2.24, 2.45) is 0 Å². The third-order valence-corrected chi connectivity index (χ3v) is 4.00. The molecule has 148 valence electrons. The molecule has 0 aliphatic rings. The normalized spacial score (nSPS) is 10.1. The number of phenolic OH excluding ortho intramolecular Hbond substituents is 1. The molecule has 3 rings (SSSR count). The lowest BCUT2D eigenvalue weighted by Gasteiger charge is -2.11. The predicted molar refractivity (Wildman–Crippen MR) is 116 cm³/mol. The largest absolute Gasteiger partial charge is 0.508 e. The summed E-state index contributed by atoms with van der Waals surface area (Å²) in [6, 6.07) is 22.7. The van der Waals surface area contributed by atoms with Crippen LogP contribution < -0.4 is 20.1 Å². The second-order valence-electron chi connectivity index (χ2n) is 6.00. The topological polar surface area (TPSA) is 79.8 Å². The summed E-state index contributed by atoms with van der Waals surface area (Å²) in [6.45, 7) is 0.732. The number of para-hydroxylation sites is 1. The molecule has 6 nitrogen and oxygen atoms in total. The zero-order valence-electron chi connectivity index (χ0n) is 15.5. The van der Waals surface area contributed by atoms with Gasteiger partial charge in [0.2, 0.25) is 0 Å². The SMILES string of the molecule is O=C(NC(=S)Nc1cccc(O)c1)c1cccc(OCCOc2ccccc2)c1. The highest BCUT2D eigenvalue weighted by atomic mass is 32.1. The third-order valence-electron chi connectivity index (χ3n) is 3.79. The van der Waals surface area contributed by atoms with Crippen molar-refractivity contribution in [3.63, 3.8) is 0 Å². The minimum absolute atomic E-state index is 0.102. The van der Waals surface area contributed by atoms with Gasteiger partial charge in [-0.25, -0.2) is 0 Å². The highest BCUT2D eigenvalue weighted by Crippen LogP contribution is 2.16. The van der Waals surface area contributed by atoms with Crippen LogP contribution in [0.5, 0.6) is 17.2 Å². The maximum Gasteiger partial charge on any atom is 0.257 e. The molecular weight excluding hydrogens is 388 g/mol. The summed E-state index contributed by atoms with van der Waals surface area (Å²) in [7, 11) is 0. The van der Waals surface area contributed by atoms with E-state index in [1.165, 1.54) is 6.07 Å². The number of hydrogen-bond acceptors (Lipinski definition) is 5. The van der Waals surface area contributed by atoms with Crippen molar-refractivity contribution in [2.75, 3.05) is 18.5 Å². The lowest BCUT2D eigenvalue weighted by molar-refractivity contribution is 0.0977. The van der Waals surface area contributed by atoms with Crippen molar-refractivity contribution in [2.45, 2.75) is 0 Å². The summed E-state index contributed by atoms with van der Waals surface area (Å²) in [4.78, 5) is 12.4. The molecule has 3 aromatic rings. The maximum absolute atomic E-state index is 12.4. The minimum Gasteiger partial charge on any atom is -0.508 e. The van der Waals surface area contributed by atoms with Gasteiger partial charge in [0.15, 0.2) is 5.11 Å². The van der Waals surface area contributed by atoms with Gasteiger partial charge in [-0.15, -0.1) is 0 Å². The molecule has 0 atom stereocenters. The van der Waals surface area contributed by atoms with E-state index in [0.717, 1.165) is 5.75 Å². The van der Waals surface area contributed by atoms with Crippen LogP contribution in [-0.2, 0) is 0 Å². The first-order chi connectivity index (χ1) is 14.1. The van der Waals surface area contributed by atoms with Crippen LogP contribution in [0.25, 0.3) is 0 Å². The Hall–Kier alpha value is -3.58. The quantitative estimate of drug-likeness (QED) is 0.405. The second kappa shape index (κ2) is 10.1. The van der Waals surface area contributed by atoms with E-state index in [-0.39, 0.29) is 16.8 Å².